The van der Waals surface area contributed by atoms with Gasteiger partial charge in [0.05, 0.1) is 5.56 Å². The van der Waals surface area contributed by atoms with E-state index in [-0.39, 0.29) is 28.8 Å². The highest BCUT2D eigenvalue weighted by molar-refractivity contribution is 7.90. The van der Waals surface area contributed by atoms with Gasteiger partial charge in [-0.15, -0.1) is 0 Å². The van der Waals surface area contributed by atoms with Crippen LogP contribution in [0.15, 0.2) is 53.4 Å². The van der Waals surface area contributed by atoms with Gasteiger partial charge >= 0.3 is 0 Å². The molecule has 0 aliphatic carbocycles. The van der Waals surface area contributed by atoms with Crippen LogP contribution in [0.4, 0.5) is 0 Å². The molecule has 0 fully saturated rings. The Morgan fingerprint density at radius 2 is 1.67 bits per heavy atom. The summed E-state index contributed by atoms with van der Waals surface area (Å²) >= 11 is 0. The van der Waals surface area contributed by atoms with Gasteiger partial charge in [0.1, 0.15) is 17.5 Å². The zero-order valence-electron chi connectivity index (χ0n) is 19.2. The summed E-state index contributed by atoms with van der Waals surface area (Å²) in [6, 6.07) is 12.5. The second-order valence-corrected chi connectivity index (χ2v) is 10.5. The molecule has 2 aromatic carbocycles. The van der Waals surface area contributed by atoms with E-state index in [1.165, 1.54) is 23.1 Å². The fourth-order valence-electron chi connectivity index (χ4n) is 3.53. The average Bonchev–Trinajstić information content (AvgIpc) is 2.97. The molecule has 1 aliphatic heterocycles. The molecule has 1 heterocycles. The highest BCUT2D eigenvalue weighted by atomic mass is 32.2. The number of rotatable bonds is 8. The molecule has 0 aromatic heterocycles. The van der Waals surface area contributed by atoms with Crippen molar-refractivity contribution in [2.45, 2.75) is 45.2 Å². The molecule has 0 unspecified atom stereocenters. The normalized spacial score (nSPS) is 15.3. The molecule has 0 radical (unpaired) electrons. The first-order valence-corrected chi connectivity index (χ1v) is 12.2. The largest absolute Gasteiger partial charge is 0.354 e. The smallest absolute Gasteiger partial charge is 0.269 e. The summed E-state index contributed by atoms with van der Waals surface area (Å²) in [6.45, 7) is 7.33. The number of sulfonamides is 1. The van der Waals surface area contributed by atoms with Crippen molar-refractivity contribution < 1.29 is 22.8 Å². The van der Waals surface area contributed by atoms with Gasteiger partial charge in [-0.3, -0.25) is 14.4 Å². The Balaban J connectivity index is 1.86. The van der Waals surface area contributed by atoms with Crippen LogP contribution in [0.5, 0.6) is 0 Å². The molecule has 8 nitrogen and oxygen atoms in total. The molecule has 0 saturated carbocycles. The first-order valence-electron chi connectivity index (χ1n) is 10.8. The van der Waals surface area contributed by atoms with Gasteiger partial charge in [-0.05, 0) is 37.5 Å². The third kappa shape index (κ3) is 5.24. The second kappa shape index (κ2) is 9.74. The molecule has 176 valence electrons. The van der Waals surface area contributed by atoms with Gasteiger partial charge in [-0.2, -0.15) is 0 Å². The van der Waals surface area contributed by atoms with Crippen LogP contribution in [0, 0.1) is 12.8 Å². The van der Waals surface area contributed by atoms with Crippen molar-refractivity contribution >= 4 is 27.7 Å². The Hall–Kier alpha value is -3.20. The molecule has 0 bridgehead atoms. The summed E-state index contributed by atoms with van der Waals surface area (Å²) in [6.07, 6.45) is 0. The number of hydrogen-bond acceptors (Lipinski definition) is 5. The van der Waals surface area contributed by atoms with Gasteiger partial charge in [0.15, 0.2) is 0 Å². The number of benzene rings is 2. The molecule has 1 atom stereocenters. The van der Waals surface area contributed by atoms with Gasteiger partial charge < -0.3 is 10.2 Å². The lowest BCUT2D eigenvalue weighted by atomic mass is 10.1. The zero-order valence-corrected chi connectivity index (χ0v) is 20.1. The number of amides is 3. The highest BCUT2D eigenvalue weighted by Crippen LogP contribution is 2.30. The fraction of sp³-hybridized carbons (Fsp3) is 0.375. The van der Waals surface area contributed by atoms with E-state index in [9.17, 15) is 22.8 Å². The number of carbonyl (C=O) groups is 3. The van der Waals surface area contributed by atoms with Crippen molar-refractivity contribution in [3.8, 4) is 0 Å². The van der Waals surface area contributed by atoms with E-state index in [4.69, 9.17) is 0 Å². The summed E-state index contributed by atoms with van der Waals surface area (Å²) < 4.78 is 26.4. The van der Waals surface area contributed by atoms with Crippen LogP contribution in [-0.2, 0) is 26.2 Å². The van der Waals surface area contributed by atoms with Crippen LogP contribution in [0.1, 0.15) is 42.3 Å². The van der Waals surface area contributed by atoms with Crippen molar-refractivity contribution in [2.75, 3.05) is 13.1 Å². The third-order valence-corrected chi connectivity index (χ3v) is 7.30. The van der Waals surface area contributed by atoms with Crippen LogP contribution in [0.3, 0.4) is 0 Å². The SMILES string of the molecule is Cc1ccc(CN(C(=O)CN2C(=O)c3ccccc3S2(=O)=O)[C@@H](C)C(=O)NCC(C)C)cc1. The van der Waals surface area contributed by atoms with Crippen molar-refractivity contribution in [2.24, 2.45) is 5.92 Å². The molecule has 9 heteroatoms. The summed E-state index contributed by atoms with van der Waals surface area (Å²) in [5, 5.41) is 2.81. The minimum atomic E-state index is -4.13. The molecule has 33 heavy (non-hydrogen) atoms. The molecule has 1 N–H and O–H groups in total. The Labute approximate surface area is 194 Å². The number of hydrogen-bond donors (Lipinski definition) is 1. The lowest BCUT2D eigenvalue weighted by Gasteiger charge is -2.30. The first-order chi connectivity index (χ1) is 15.5. The Morgan fingerprint density at radius 3 is 2.27 bits per heavy atom. The molecule has 1 aliphatic rings. The number of nitrogens with one attached hydrogen (secondary N) is 1. The maximum absolute atomic E-state index is 13.3. The van der Waals surface area contributed by atoms with Crippen molar-refractivity contribution in [1.82, 2.24) is 14.5 Å². The number of carbonyl (C=O) groups excluding carboxylic acids is 3. The lowest BCUT2D eigenvalue weighted by molar-refractivity contribution is -0.140. The topological polar surface area (TPSA) is 104 Å². The highest BCUT2D eigenvalue weighted by Gasteiger charge is 2.43. The summed E-state index contributed by atoms with van der Waals surface area (Å²) in [5.41, 5.74) is 1.88. The van der Waals surface area contributed by atoms with Crippen LogP contribution < -0.4 is 5.32 Å². The maximum Gasteiger partial charge on any atom is 0.269 e. The van der Waals surface area contributed by atoms with E-state index in [0.717, 1.165) is 11.1 Å². The van der Waals surface area contributed by atoms with E-state index in [0.29, 0.717) is 10.8 Å². The van der Waals surface area contributed by atoms with Gasteiger partial charge in [-0.1, -0.05) is 55.8 Å². The van der Waals surface area contributed by atoms with Gasteiger partial charge in [0.25, 0.3) is 15.9 Å². The zero-order chi connectivity index (χ0) is 24.3. The summed E-state index contributed by atoms with van der Waals surface area (Å²) in [7, 11) is -4.13. The molecule has 3 amide bonds. The Bertz CT molecular complexity index is 1160. The molecule has 3 rings (SSSR count). The second-order valence-electron chi connectivity index (χ2n) is 8.64. The summed E-state index contributed by atoms with van der Waals surface area (Å²) in [5.74, 6) is -1.49. The fourth-order valence-corrected chi connectivity index (χ4v) is 5.04. The minimum Gasteiger partial charge on any atom is -0.354 e. The quantitative estimate of drug-likeness (QED) is 0.636. The Kier molecular flexibility index (Phi) is 7.22. The number of aryl methyl sites for hydroxylation is 1. The molecular weight excluding hydrogens is 442 g/mol. The van der Waals surface area contributed by atoms with Gasteiger partial charge in [-0.25, -0.2) is 12.7 Å². The third-order valence-electron chi connectivity index (χ3n) is 5.52. The molecule has 2 aromatic rings. The Morgan fingerprint density at radius 1 is 1.03 bits per heavy atom. The van der Waals surface area contributed by atoms with Crippen molar-refractivity contribution in [3.05, 3.63) is 65.2 Å². The lowest BCUT2D eigenvalue weighted by Crippen LogP contribution is -2.51. The van der Waals surface area contributed by atoms with Crippen LogP contribution >= 0.6 is 0 Å². The number of nitrogens with zero attached hydrogens (tertiary/aromatic N) is 2. The molecule has 0 saturated heterocycles. The minimum absolute atomic E-state index is 0.0399. The molecular formula is C24H29N3O5S. The van der Waals surface area contributed by atoms with Crippen LogP contribution in [-0.4, -0.2) is 54.5 Å². The van der Waals surface area contributed by atoms with Gasteiger partial charge in [0.2, 0.25) is 11.8 Å². The summed E-state index contributed by atoms with van der Waals surface area (Å²) in [4.78, 5) is 40.0. The standard InChI is InChI=1S/C24H29N3O5S/c1-16(2)13-25-23(29)18(4)26(14-19-11-9-17(3)10-12-19)22(28)15-27-24(30)20-7-5-6-8-21(20)33(27,31)32/h5-12,16,18H,13-15H2,1-4H3,(H,25,29)/t18-/m0/s1. The van der Waals surface area contributed by atoms with Crippen LogP contribution in [0.2, 0.25) is 0 Å². The van der Waals surface area contributed by atoms with E-state index in [2.05, 4.69) is 5.32 Å². The predicted octanol–water partition coefficient (Wildman–Crippen LogP) is 2.33. The maximum atomic E-state index is 13.3. The van der Waals surface area contributed by atoms with Crippen molar-refractivity contribution in [1.29, 1.82) is 0 Å². The average molecular weight is 472 g/mol. The number of fused-ring (bicyclic) bond motifs is 1. The molecule has 0 spiro atoms. The van der Waals surface area contributed by atoms with E-state index < -0.39 is 34.4 Å². The predicted molar refractivity (Wildman–Crippen MR) is 124 cm³/mol. The van der Waals surface area contributed by atoms with E-state index >= 15 is 0 Å². The van der Waals surface area contributed by atoms with Crippen molar-refractivity contribution in [3.63, 3.8) is 0 Å². The van der Waals surface area contributed by atoms with E-state index in [1.807, 2.05) is 45.0 Å². The first kappa shape index (κ1) is 24.4. The monoisotopic (exact) mass is 471 g/mol. The van der Waals surface area contributed by atoms with E-state index in [1.54, 1.807) is 13.0 Å². The van der Waals surface area contributed by atoms with Gasteiger partial charge in [0, 0.05) is 13.1 Å². The van der Waals surface area contributed by atoms with Crippen LogP contribution in [0.25, 0.3) is 0 Å².